The van der Waals surface area contributed by atoms with Gasteiger partial charge in [-0.1, -0.05) is 0 Å². The van der Waals surface area contributed by atoms with Crippen molar-refractivity contribution in [3.05, 3.63) is 54.9 Å². The Morgan fingerprint density at radius 1 is 0.920 bits per heavy atom. The molecule has 1 fully saturated rings. The van der Waals surface area contributed by atoms with Crippen LogP contribution >= 0.6 is 0 Å². The molecule has 0 N–H and O–H groups in total. The normalized spacial score (nSPS) is 14.4. The fraction of sp³-hybridized carbons (Fsp3) is 0.235. The molecule has 0 bridgehead atoms. The highest BCUT2D eigenvalue weighted by Crippen LogP contribution is 2.20. The first-order valence-electron chi connectivity index (χ1n) is 8.01. The number of pyridine rings is 1. The Morgan fingerprint density at radius 2 is 1.72 bits per heavy atom. The zero-order valence-electron chi connectivity index (χ0n) is 13.5. The molecular formula is C17H16N8. The molecule has 4 rings (SSSR count). The van der Waals surface area contributed by atoms with E-state index in [1.807, 2.05) is 30.5 Å². The Balaban J connectivity index is 1.47. The van der Waals surface area contributed by atoms with E-state index in [0.717, 1.165) is 43.5 Å². The van der Waals surface area contributed by atoms with E-state index in [0.29, 0.717) is 5.69 Å². The summed E-state index contributed by atoms with van der Waals surface area (Å²) in [5, 5.41) is 13.2. The molecule has 8 heteroatoms. The van der Waals surface area contributed by atoms with E-state index < -0.39 is 0 Å². The molecule has 3 aromatic rings. The zero-order chi connectivity index (χ0) is 17.1. The van der Waals surface area contributed by atoms with Crippen molar-refractivity contribution in [3.8, 4) is 11.9 Å². The van der Waals surface area contributed by atoms with E-state index in [9.17, 15) is 0 Å². The van der Waals surface area contributed by atoms with Crippen molar-refractivity contribution in [1.29, 1.82) is 5.26 Å². The van der Waals surface area contributed by atoms with Gasteiger partial charge in [0.05, 0.1) is 0 Å². The van der Waals surface area contributed by atoms with Crippen LogP contribution in [0.1, 0.15) is 5.69 Å². The molecule has 1 aliphatic rings. The first-order valence-corrected chi connectivity index (χ1v) is 8.01. The van der Waals surface area contributed by atoms with E-state index in [1.54, 1.807) is 23.4 Å². The summed E-state index contributed by atoms with van der Waals surface area (Å²) in [5.74, 6) is 1.65. The van der Waals surface area contributed by atoms with Crippen LogP contribution in [-0.2, 0) is 0 Å². The van der Waals surface area contributed by atoms with Crippen LogP contribution in [0.15, 0.2) is 49.2 Å². The summed E-state index contributed by atoms with van der Waals surface area (Å²) in [4.78, 5) is 17.2. The lowest BCUT2D eigenvalue weighted by atomic mass is 10.2. The largest absolute Gasteiger partial charge is 0.368 e. The van der Waals surface area contributed by atoms with Crippen molar-refractivity contribution in [1.82, 2.24) is 24.7 Å². The van der Waals surface area contributed by atoms with E-state index in [2.05, 4.69) is 35.9 Å². The summed E-state index contributed by atoms with van der Waals surface area (Å²) in [5.41, 5.74) is 1.48. The lowest BCUT2D eigenvalue weighted by molar-refractivity contribution is 0.645. The van der Waals surface area contributed by atoms with E-state index in [-0.39, 0.29) is 0 Å². The highest BCUT2D eigenvalue weighted by Gasteiger charge is 2.19. The van der Waals surface area contributed by atoms with Gasteiger partial charge in [-0.15, -0.1) is 0 Å². The first kappa shape index (κ1) is 15.1. The molecule has 0 atom stereocenters. The highest BCUT2D eigenvalue weighted by molar-refractivity contribution is 5.51. The molecular weight excluding hydrogens is 316 g/mol. The van der Waals surface area contributed by atoms with Gasteiger partial charge in [0.15, 0.2) is 5.82 Å². The SMILES string of the molecule is N#Cc1cc(N2CCN(c3cc(-n4cccn4)ncn3)CC2)ccn1. The number of hydrogen-bond donors (Lipinski definition) is 0. The van der Waals surface area contributed by atoms with E-state index >= 15 is 0 Å². The van der Waals surface area contributed by atoms with E-state index in [4.69, 9.17) is 5.26 Å². The van der Waals surface area contributed by atoms with Gasteiger partial charge in [-0.05, 0) is 18.2 Å². The molecule has 0 radical (unpaired) electrons. The van der Waals surface area contributed by atoms with Crippen LogP contribution in [0.5, 0.6) is 0 Å². The maximum atomic E-state index is 8.99. The van der Waals surface area contributed by atoms with Crippen molar-refractivity contribution < 1.29 is 0 Å². The van der Waals surface area contributed by atoms with Gasteiger partial charge in [0.2, 0.25) is 0 Å². The summed E-state index contributed by atoms with van der Waals surface area (Å²) < 4.78 is 1.72. The number of piperazine rings is 1. The van der Waals surface area contributed by atoms with Crippen molar-refractivity contribution in [2.75, 3.05) is 36.0 Å². The van der Waals surface area contributed by atoms with Crippen LogP contribution in [0.2, 0.25) is 0 Å². The molecule has 3 aromatic heterocycles. The van der Waals surface area contributed by atoms with Gasteiger partial charge in [0, 0.05) is 56.5 Å². The Kier molecular flexibility index (Phi) is 3.96. The standard InChI is InChI=1S/C17H16N8/c18-12-14-10-15(2-4-19-14)23-6-8-24(9-7-23)16-11-17(21-13-20-16)25-5-1-3-22-25/h1-5,10-11,13H,6-9H2. The number of rotatable bonds is 3. The van der Waals surface area contributed by atoms with Gasteiger partial charge in [-0.2, -0.15) is 10.4 Å². The van der Waals surface area contributed by atoms with Crippen molar-refractivity contribution >= 4 is 11.5 Å². The number of aromatic nitrogens is 5. The topological polar surface area (TPSA) is 86.8 Å². The van der Waals surface area contributed by atoms with Gasteiger partial charge in [0.1, 0.15) is 23.9 Å². The number of anilines is 2. The van der Waals surface area contributed by atoms with Crippen LogP contribution in [-0.4, -0.2) is 50.9 Å². The molecule has 1 aliphatic heterocycles. The van der Waals surface area contributed by atoms with Crippen LogP contribution in [0.25, 0.3) is 5.82 Å². The molecule has 8 nitrogen and oxygen atoms in total. The first-order chi connectivity index (χ1) is 12.3. The molecule has 124 valence electrons. The molecule has 0 spiro atoms. The molecule has 1 saturated heterocycles. The predicted octanol–water partition coefficient (Wildman–Crippen LogP) is 1.26. The summed E-state index contributed by atoms with van der Waals surface area (Å²) in [6.45, 7) is 3.41. The zero-order valence-corrected chi connectivity index (χ0v) is 13.5. The second-order valence-electron chi connectivity index (χ2n) is 5.67. The lowest BCUT2D eigenvalue weighted by Crippen LogP contribution is -2.46. The van der Waals surface area contributed by atoms with Gasteiger partial charge >= 0.3 is 0 Å². The van der Waals surface area contributed by atoms with Crippen molar-refractivity contribution in [2.45, 2.75) is 0 Å². The average Bonchev–Trinajstić information content (AvgIpc) is 3.23. The third-order valence-corrected chi connectivity index (χ3v) is 4.20. The predicted molar refractivity (Wildman–Crippen MR) is 92.5 cm³/mol. The van der Waals surface area contributed by atoms with Gasteiger partial charge < -0.3 is 9.80 Å². The lowest BCUT2D eigenvalue weighted by Gasteiger charge is -2.36. The Labute approximate surface area is 145 Å². The Morgan fingerprint density at radius 3 is 2.48 bits per heavy atom. The van der Waals surface area contributed by atoms with Gasteiger partial charge in [-0.3, -0.25) is 0 Å². The Hall–Kier alpha value is -3.47. The Bertz CT molecular complexity index is 891. The summed E-state index contributed by atoms with van der Waals surface area (Å²) in [6, 6.07) is 9.67. The van der Waals surface area contributed by atoms with Crippen LogP contribution < -0.4 is 9.80 Å². The minimum Gasteiger partial charge on any atom is -0.368 e. The molecule has 25 heavy (non-hydrogen) atoms. The second-order valence-corrected chi connectivity index (χ2v) is 5.67. The fourth-order valence-corrected chi connectivity index (χ4v) is 2.91. The molecule has 0 aliphatic carbocycles. The summed E-state index contributed by atoms with van der Waals surface area (Å²) >= 11 is 0. The van der Waals surface area contributed by atoms with Crippen LogP contribution in [0, 0.1) is 11.3 Å². The fourth-order valence-electron chi connectivity index (χ4n) is 2.91. The summed E-state index contributed by atoms with van der Waals surface area (Å²) in [7, 11) is 0. The number of nitrogens with zero attached hydrogens (tertiary/aromatic N) is 8. The maximum absolute atomic E-state index is 8.99. The van der Waals surface area contributed by atoms with Crippen LogP contribution in [0.3, 0.4) is 0 Å². The smallest absolute Gasteiger partial charge is 0.158 e. The number of nitriles is 1. The molecule has 0 aromatic carbocycles. The molecule has 0 saturated carbocycles. The minimum absolute atomic E-state index is 0.444. The number of hydrogen-bond acceptors (Lipinski definition) is 7. The van der Waals surface area contributed by atoms with Gasteiger partial charge in [-0.25, -0.2) is 19.6 Å². The van der Waals surface area contributed by atoms with Crippen molar-refractivity contribution in [3.63, 3.8) is 0 Å². The van der Waals surface area contributed by atoms with Crippen molar-refractivity contribution in [2.24, 2.45) is 0 Å². The summed E-state index contributed by atoms with van der Waals surface area (Å²) in [6.07, 6.45) is 6.84. The monoisotopic (exact) mass is 332 g/mol. The minimum atomic E-state index is 0.444. The van der Waals surface area contributed by atoms with Crippen LogP contribution in [0.4, 0.5) is 11.5 Å². The quantitative estimate of drug-likeness (QED) is 0.713. The van der Waals surface area contributed by atoms with E-state index in [1.165, 1.54) is 0 Å². The maximum Gasteiger partial charge on any atom is 0.158 e. The molecule has 0 amide bonds. The third kappa shape index (κ3) is 3.12. The average molecular weight is 332 g/mol. The third-order valence-electron chi connectivity index (χ3n) is 4.20. The van der Waals surface area contributed by atoms with Gasteiger partial charge in [0.25, 0.3) is 0 Å². The highest BCUT2D eigenvalue weighted by atomic mass is 15.3. The molecule has 0 unspecified atom stereocenters. The molecule has 4 heterocycles. The second kappa shape index (κ2) is 6.57.